The van der Waals surface area contributed by atoms with Gasteiger partial charge in [0.25, 0.3) is 0 Å². The van der Waals surface area contributed by atoms with Crippen molar-refractivity contribution < 1.29 is 4.74 Å². The molecule has 3 heteroatoms. The molecule has 1 aliphatic carbocycles. The van der Waals surface area contributed by atoms with Gasteiger partial charge in [-0.05, 0) is 61.3 Å². The maximum atomic E-state index is 5.31. The van der Waals surface area contributed by atoms with Crippen LogP contribution in [-0.4, -0.2) is 11.9 Å². The Morgan fingerprint density at radius 3 is 2.83 bits per heavy atom. The van der Waals surface area contributed by atoms with Crippen LogP contribution in [0.3, 0.4) is 0 Å². The van der Waals surface area contributed by atoms with Gasteiger partial charge in [0.05, 0.1) is 7.11 Å². The lowest BCUT2D eigenvalue weighted by Gasteiger charge is -2.31. The number of ether oxygens (including phenoxy) is 1. The van der Waals surface area contributed by atoms with Crippen molar-refractivity contribution >= 4 is 31.9 Å². The second-order valence-corrected chi connectivity index (χ2v) is 7.39. The zero-order valence-corrected chi connectivity index (χ0v) is 14.1. The van der Waals surface area contributed by atoms with Crippen LogP contribution < -0.4 is 4.74 Å². The third-order valence-electron chi connectivity index (χ3n) is 3.89. The standard InChI is InChI=1S/C15H20Br2O/c1-10-3-5-14(16)11(7-10)8-12-9-13(18-2)4-6-15(12)17/h4,6,9-11,14H,3,5,7-8H2,1-2H3. The van der Waals surface area contributed by atoms with Gasteiger partial charge >= 0.3 is 0 Å². The molecule has 1 aromatic rings. The molecular weight excluding hydrogens is 356 g/mol. The average molecular weight is 376 g/mol. The van der Waals surface area contributed by atoms with Crippen LogP contribution in [0.25, 0.3) is 0 Å². The minimum absolute atomic E-state index is 0.659. The molecule has 2 rings (SSSR count). The first-order chi connectivity index (χ1) is 8.60. The first-order valence-corrected chi connectivity index (χ1v) is 8.27. The number of hydrogen-bond acceptors (Lipinski definition) is 1. The maximum Gasteiger partial charge on any atom is 0.119 e. The van der Waals surface area contributed by atoms with Gasteiger partial charge in [0.2, 0.25) is 0 Å². The van der Waals surface area contributed by atoms with Crippen molar-refractivity contribution in [3.63, 3.8) is 0 Å². The molecule has 3 atom stereocenters. The fraction of sp³-hybridized carbons (Fsp3) is 0.600. The Morgan fingerprint density at radius 1 is 1.33 bits per heavy atom. The molecule has 3 unspecified atom stereocenters. The van der Waals surface area contributed by atoms with Crippen molar-refractivity contribution in [3.05, 3.63) is 28.2 Å². The van der Waals surface area contributed by atoms with Gasteiger partial charge in [-0.15, -0.1) is 0 Å². The van der Waals surface area contributed by atoms with E-state index in [0.717, 1.165) is 24.0 Å². The summed E-state index contributed by atoms with van der Waals surface area (Å²) in [7, 11) is 1.73. The third-order valence-corrected chi connectivity index (χ3v) is 5.87. The Balaban J connectivity index is 2.12. The van der Waals surface area contributed by atoms with Crippen LogP contribution in [0.4, 0.5) is 0 Å². The van der Waals surface area contributed by atoms with E-state index >= 15 is 0 Å². The van der Waals surface area contributed by atoms with Crippen molar-refractivity contribution in [3.8, 4) is 5.75 Å². The molecule has 100 valence electrons. The molecule has 0 aliphatic heterocycles. The minimum atomic E-state index is 0.659. The largest absolute Gasteiger partial charge is 0.497 e. The second kappa shape index (κ2) is 6.42. The molecule has 0 bridgehead atoms. The molecule has 0 saturated heterocycles. The van der Waals surface area contributed by atoms with Crippen LogP contribution in [-0.2, 0) is 6.42 Å². The van der Waals surface area contributed by atoms with Gasteiger partial charge in [0.1, 0.15) is 5.75 Å². The number of hydrogen-bond donors (Lipinski definition) is 0. The summed E-state index contributed by atoms with van der Waals surface area (Å²) >= 11 is 7.50. The highest BCUT2D eigenvalue weighted by molar-refractivity contribution is 9.10. The van der Waals surface area contributed by atoms with E-state index in [4.69, 9.17) is 4.74 Å². The summed E-state index contributed by atoms with van der Waals surface area (Å²) in [6, 6.07) is 6.25. The number of rotatable bonds is 3. The number of methoxy groups -OCH3 is 1. The van der Waals surface area contributed by atoms with Crippen molar-refractivity contribution in [2.45, 2.75) is 37.4 Å². The Hall–Kier alpha value is -0.0200. The molecule has 0 spiro atoms. The molecule has 0 radical (unpaired) electrons. The molecular formula is C15H20Br2O. The van der Waals surface area contributed by atoms with Gasteiger partial charge in [0, 0.05) is 9.30 Å². The predicted octanol–water partition coefficient (Wildman–Crippen LogP) is 5.20. The molecule has 0 heterocycles. The van der Waals surface area contributed by atoms with Crippen molar-refractivity contribution in [1.29, 1.82) is 0 Å². The highest BCUT2D eigenvalue weighted by atomic mass is 79.9. The fourth-order valence-electron chi connectivity index (χ4n) is 2.79. The summed E-state index contributed by atoms with van der Waals surface area (Å²) in [5.74, 6) is 2.54. The van der Waals surface area contributed by atoms with Crippen LogP contribution in [0.1, 0.15) is 31.7 Å². The lowest BCUT2D eigenvalue weighted by molar-refractivity contribution is 0.294. The molecule has 0 N–H and O–H groups in total. The van der Waals surface area contributed by atoms with E-state index in [9.17, 15) is 0 Å². The van der Waals surface area contributed by atoms with Gasteiger partial charge in [-0.3, -0.25) is 0 Å². The van der Waals surface area contributed by atoms with E-state index in [-0.39, 0.29) is 0 Å². The Kier molecular flexibility index (Phi) is 5.14. The zero-order valence-electron chi connectivity index (χ0n) is 11.0. The zero-order chi connectivity index (χ0) is 13.1. The first kappa shape index (κ1) is 14.4. The summed E-state index contributed by atoms with van der Waals surface area (Å²) in [6.07, 6.45) is 5.09. The summed E-state index contributed by atoms with van der Waals surface area (Å²) in [4.78, 5) is 0.659. The van der Waals surface area contributed by atoms with E-state index in [0.29, 0.717) is 4.83 Å². The van der Waals surface area contributed by atoms with E-state index < -0.39 is 0 Å². The van der Waals surface area contributed by atoms with E-state index in [1.165, 1.54) is 29.3 Å². The molecule has 18 heavy (non-hydrogen) atoms. The van der Waals surface area contributed by atoms with Crippen LogP contribution in [0, 0.1) is 11.8 Å². The first-order valence-electron chi connectivity index (χ1n) is 6.56. The Bertz CT molecular complexity index is 405. The Labute approximate surface area is 127 Å². The van der Waals surface area contributed by atoms with Gasteiger partial charge in [0.15, 0.2) is 0 Å². The van der Waals surface area contributed by atoms with Crippen LogP contribution in [0.15, 0.2) is 22.7 Å². The third kappa shape index (κ3) is 3.51. The van der Waals surface area contributed by atoms with Crippen molar-refractivity contribution in [2.24, 2.45) is 11.8 Å². The number of benzene rings is 1. The van der Waals surface area contributed by atoms with Gasteiger partial charge in [-0.1, -0.05) is 38.8 Å². The normalized spacial score (nSPS) is 28.1. The monoisotopic (exact) mass is 374 g/mol. The average Bonchev–Trinajstić information content (AvgIpc) is 2.36. The summed E-state index contributed by atoms with van der Waals surface area (Å²) in [5, 5.41) is 0. The summed E-state index contributed by atoms with van der Waals surface area (Å²) in [5.41, 5.74) is 1.36. The highest BCUT2D eigenvalue weighted by Crippen LogP contribution is 2.37. The van der Waals surface area contributed by atoms with Gasteiger partial charge in [-0.25, -0.2) is 0 Å². The second-order valence-electron chi connectivity index (χ2n) is 5.36. The highest BCUT2D eigenvalue weighted by Gasteiger charge is 2.27. The summed E-state index contributed by atoms with van der Waals surface area (Å²) < 4.78 is 6.51. The molecule has 1 nitrogen and oxygen atoms in total. The molecule has 0 amide bonds. The fourth-order valence-corrected chi connectivity index (χ4v) is 3.87. The SMILES string of the molecule is COc1ccc(Br)c(CC2CC(C)CCC2Br)c1. The van der Waals surface area contributed by atoms with E-state index in [1.807, 2.05) is 6.07 Å². The van der Waals surface area contributed by atoms with E-state index in [2.05, 4.69) is 50.9 Å². The lowest BCUT2D eigenvalue weighted by atomic mass is 9.79. The van der Waals surface area contributed by atoms with Crippen LogP contribution in [0.2, 0.25) is 0 Å². The maximum absolute atomic E-state index is 5.31. The predicted molar refractivity (Wildman–Crippen MR) is 83.6 cm³/mol. The number of alkyl halides is 1. The van der Waals surface area contributed by atoms with Crippen molar-refractivity contribution in [2.75, 3.05) is 7.11 Å². The molecule has 1 saturated carbocycles. The smallest absolute Gasteiger partial charge is 0.119 e. The lowest BCUT2D eigenvalue weighted by Crippen LogP contribution is -2.25. The minimum Gasteiger partial charge on any atom is -0.497 e. The van der Waals surface area contributed by atoms with Crippen LogP contribution in [0.5, 0.6) is 5.75 Å². The van der Waals surface area contributed by atoms with Gasteiger partial charge < -0.3 is 4.74 Å². The van der Waals surface area contributed by atoms with E-state index in [1.54, 1.807) is 7.11 Å². The van der Waals surface area contributed by atoms with Crippen LogP contribution >= 0.6 is 31.9 Å². The topological polar surface area (TPSA) is 9.23 Å². The molecule has 1 aromatic carbocycles. The molecule has 1 fully saturated rings. The Morgan fingerprint density at radius 2 is 2.11 bits per heavy atom. The quantitative estimate of drug-likeness (QED) is 0.659. The molecule has 0 aromatic heterocycles. The molecule has 1 aliphatic rings. The summed E-state index contributed by atoms with van der Waals surface area (Å²) in [6.45, 7) is 2.37. The van der Waals surface area contributed by atoms with Crippen molar-refractivity contribution in [1.82, 2.24) is 0 Å². The number of halogens is 2. The van der Waals surface area contributed by atoms with Gasteiger partial charge in [-0.2, -0.15) is 0 Å².